The summed E-state index contributed by atoms with van der Waals surface area (Å²) in [6.07, 6.45) is -9.60. The van der Waals surface area contributed by atoms with Gasteiger partial charge in [-0.3, -0.25) is 0 Å². The second-order valence-corrected chi connectivity index (χ2v) is 9.48. The summed E-state index contributed by atoms with van der Waals surface area (Å²) in [5.41, 5.74) is -2.34. The fraction of sp³-hybridized carbons (Fsp3) is 0.625. The maximum atomic E-state index is 12.9. The first-order chi connectivity index (χ1) is 10.8. The smallest absolute Gasteiger partial charge is 0.166 e. The van der Waals surface area contributed by atoms with Crippen molar-refractivity contribution in [2.75, 3.05) is 11.5 Å². The third-order valence-electron chi connectivity index (χ3n) is 4.00. The summed E-state index contributed by atoms with van der Waals surface area (Å²) in [6.45, 7) is 6.27. The highest BCUT2D eigenvalue weighted by atomic mass is 32.2. The molecule has 0 bridgehead atoms. The van der Waals surface area contributed by atoms with Crippen molar-refractivity contribution >= 4 is 23.5 Å². The molecule has 0 N–H and O–H groups in total. The number of hydrogen-bond donors (Lipinski definition) is 0. The Kier molecular flexibility index (Phi) is 5.50. The topological polar surface area (TPSA) is 0 Å². The van der Waals surface area contributed by atoms with Crippen molar-refractivity contribution < 1.29 is 26.3 Å². The van der Waals surface area contributed by atoms with Crippen LogP contribution in [0.25, 0.3) is 0 Å². The van der Waals surface area contributed by atoms with E-state index in [1.165, 1.54) is 23.5 Å². The van der Waals surface area contributed by atoms with Crippen molar-refractivity contribution in [3.8, 4) is 0 Å². The van der Waals surface area contributed by atoms with Gasteiger partial charge in [-0.1, -0.05) is 20.8 Å². The van der Waals surface area contributed by atoms with Crippen LogP contribution in [0, 0.1) is 11.3 Å². The number of rotatable bonds is 1. The first-order valence-corrected chi connectivity index (χ1v) is 9.41. The molecule has 1 fully saturated rings. The molecular weight excluding hydrogens is 370 g/mol. The zero-order valence-electron chi connectivity index (χ0n) is 13.4. The molecule has 0 aromatic heterocycles. The summed E-state index contributed by atoms with van der Waals surface area (Å²) in [5.74, 6) is 1.81. The van der Waals surface area contributed by atoms with E-state index in [0.29, 0.717) is 5.92 Å². The van der Waals surface area contributed by atoms with Crippen LogP contribution >= 0.6 is 23.5 Å². The van der Waals surface area contributed by atoms with Crippen molar-refractivity contribution in [1.29, 1.82) is 0 Å². The zero-order chi connectivity index (χ0) is 18.3. The molecule has 8 heteroatoms. The fourth-order valence-electron chi connectivity index (χ4n) is 2.31. The molecule has 0 amide bonds. The maximum absolute atomic E-state index is 12.9. The Morgan fingerprint density at radius 3 is 1.54 bits per heavy atom. The highest BCUT2D eigenvalue weighted by molar-refractivity contribution is 8.16. The first kappa shape index (κ1) is 19.8. The van der Waals surface area contributed by atoms with Gasteiger partial charge in [-0.15, -0.1) is 23.5 Å². The first-order valence-electron chi connectivity index (χ1n) is 7.31. The molecule has 1 aromatic rings. The molecule has 0 nitrogen and oxygen atoms in total. The molecule has 136 valence electrons. The van der Waals surface area contributed by atoms with Gasteiger partial charge in [0.05, 0.1) is 15.7 Å². The van der Waals surface area contributed by atoms with Gasteiger partial charge in [0, 0.05) is 0 Å². The van der Waals surface area contributed by atoms with Gasteiger partial charge in [0.1, 0.15) is 0 Å². The second-order valence-electron chi connectivity index (χ2n) is 6.90. The molecule has 1 aromatic carbocycles. The van der Waals surface area contributed by atoms with E-state index in [2.05, 4.69) is 20.8 Å². The average molecular weight is 388 g/mol. The molecule has 2 rings (SSSR count). The van der Waals surface area contributed by atoms with E-state index in [1.54, 1.807) is 0 Å². The van der Waals surface area contributed by atoms with Crippen LogP contribution < -0.4 is 0 Å². The molecule has 1 heterocycles. The molecule has 1 aliphatic heterocycles. The minimum atomic E-state index is -4.80. The summed E-state index contributed by atoms with van der Waals surface area (Å²) in [4.78, 5) is 0. The highest BCUT2D eigenvalue weighted by Gasteiger charge is 2.38. The number of benzene rings is 1. The van der Waals surface area contributed by atoms with Crippen molar-refractivity contribution in [3.63, 3.8) is 0 Å². The van der Waals surface area contributed by atoms with Gasteiger partial charge >= 0.3 is 12.4 Å². The van der Waals surface area contributed by atoms with Crippen LogP contribution in [0.15, 0.2) is 18.2 Å². The monoisotopic (exact) mass is 388 g/mol. The molecule has 1 aliphatic rings. The Bertz CT molecular complexity index is 545. The molecule has 24 heavy (non-hydrogen) atoms. The number of halogens is 6. The van der Waals surface area contributed by atoms with Crippen LogP contribution in [0.2, 0.25) is 0 Å². The molecule has 0 spiro atoms. The van der Waals surface area contributed by atoms with Crippen LogP contribution in [0.3, 0.4) is 0 Å². The van der Waals surface area contributed by atoms with E-state index in [0.717, 1.165) is 23.6 Å². The Balaban J connectivity index is 2.31. The molecule has 0 unspecified atom stereocenters. The van der Waals surface area contributed by atoms with Gasteiger partial charge in [-0.05, 0) is 46.6 Å². The van der Waals surface area contributed by atoms with E-state index in [1.807, 2.05) is 0 Å². The summed E-state index contributed by atoms with van der Waals surface area (Å²) in [5, 5.41) is 0. The van der Waals surface area contributed by atoms with Crippen molar-refractivity contribution in [1.82, 2.24) is 0 Å². The second kappa shape index (κ2) is 6.67. The molecule has 0 atom stereocenters. The zero-order valence-corrected chi connectivity index (χ0v) is 15.0. The Morgan fingerprint density at radius 1 is 0.792 bits per heavy atom. The Hall–Kier alpha value is -0.500. The molecule has 0 aliphatic carbocycles. The lowest BCUT2D eigenvalue weighted by molar-refractivity contribution is -0.143. The maximum Gasteiger partial charge on any atom is 0.416 e. The Labute approximate surface area is 145 Å². The van der Waals surface area contributed by atoms with Crippen LogP contribution in [-0.4, -0.2) is 11.5 Å². The number of alkyl halides is 6. The van der Waals surface area contributed by atoms with Crippen molar-refractivity contribution in [2.45, 2.75) is 37.7 Å². The van der Waals surface area contributed by atoms with E-state index >= 15 is 0 Å². The molecule has 0 radical (unpaired) electrons. The van der Waals surface area contributed by atoms with Crippen LogP contribution in [-0.2, 0) is 12.4 Å². The Morgan fingerprint density at radius 2 is 1.21 bits per heavy atom. The number of hydrogen-bond acceptors (Lipinski definition) is 2. The summed E-state index contributed by atoms with van der Waals surface area (Å²) < 4.78 is 77.2. The highest BCUT2D eigenvalue weighted by Crippen LogP contribution is 2.50. The van der Waals surface area contributed by atoms with Gasteiger partial charge in [-0.2, -0.15) is 26.3 Å². The quantitative estimate of drug-likeness (QED) is 0.482. The van der Waals surface area contributed by atoms with Gasteiger partial charge < -0.3 is 0 Å². The van der Waals surface area contributed by atoms with Gasteiger partial charge in [-0.25, -0.2) is 0 Å². The predicted octanol–water partition coefficient (Wildman–Crippen LogP) is 6.87. The molecule has 1 saturated heterocycles. The summed E-state index contributed by atoms with van der Waals surface area (Å²) in [7, 11) is 0. The third-order valence-corrected chi connectivity index (χ3v) is 7.16. The van der Waals surface area contributed by atoms with Crippen molar-refractivity contribution in [2.24, 2.45) is 11.3 Å². The van der Waals surface area contributed by atoms with E-state index < -0.39 is 28.1 Å². The third kappa shape index (κ3) is 4.77. The molecule has 0 saturated carbocycles. The van der Waals surface area contributed by atoms with Gasteiger partial charge in [0.2, 0.25) is 0 Å². The minimum Gasteiger partial charge on any atom is -0.166 e. The van der Waals surface area contributed by atoms with Crippen LogP contribution in [0.4, 0.5) is 26.3 Å². The van der Waals surface area contributed by atoms with E-state index in [9.17, 15) is 26.3 Å². The average Bonchev–Trinajstić information content (AvgIpc) is 2.44. The molecular formula is C16H18F6S2. The largest absolute Gasteiger partial charge is 0.416 e. The van der Waals surface area contributed by atoms with Crippen molar-refractivity contribution in [3.05, 3.63) is 34.9 Å². The van der Waals surface area contributed by atoms with Gasteiger partial charge in [0.15, 0.2) is 0 Å². The lowest BCUT2D eigenvalue weighted by Gasteiger charge is -2.36. The predicted molar refractivity (Wildman–Crippen MR) is 87.0 cm³/mol. The summed E-state index contributed by atoms with van der Waals surface area (Å²) in [6, 6.07) is 1.87. The lowest BCUT2D eigenvalue weighted by atomic mass is 9.83. The SMILES string of the molecule is CC(C)(C)C1CSC(c2cc(C(F)(F)F)cc(C(F)(F)F)c2)SC1. The fourth-order valence-corrected chi connectivity index (χ4v) is 6.02. The van der Waals surface area contributed by atoms with E-state index in [4.69, 9.17) is 0 Å². The number of thioether (sulfide) groups is 2. The minimum absolute atomic E-state index is 0.0654. The lowest BCUT2D eigenvalue weighted by Crippen LogP contribution is -2.28. The standard InChI is InChI=1S/C16H18F6S2/c1-14(2,3)12-7-23-13(24-8-12)9-4-10(15(17,18)19)6-11(5-9)16(20,21)22/h4-6,12-13H,7-8H2,1-3H3. The normalized spacial score (nSPS) is 23.4. The van der Waals surface area contributed by atoms with Crippen LogP contribution in [0.1, 0.15) is 42.0 Å². The van der Waals surface area contributed by atoms with Crippen LogP contribution in [0.5, 0.6) is 0 Å². The summed E-state index contributed by atoms with van der Waals surface area (Å²) >= 11 is 2.84. The van der Waals surface area contributed by atoms with E-state index in [-0.39, 0.29) is 17.0 Å². The van der Waals surface area contributed by atoms with Gasteiger partial charge in [0.25, 0.3) is 0 Å².